The van der Waals surface area contributed by atoms with Crippen LogP contribution in [-0.2, 0) is 14.9 Å². The van der Waals surface area contributed by atoms with Gasteiger partial charge in [-0.05, 0) is 18.6 Å². The first kappa shape index (κ1) is 20.5. The minimum absolute atomic E-state index is 0.132. The van der Waals surface area contributed by atoms with E-state index in [0.29, 0.717) is 6.42 Å². The molecule has 0 aliphatic carbocycles. The maximum atomic E-state index is 9.79. The largest absolute Gasteiger partial charge is 0.379 e. The summed E-state index contributed by atoms with van der Waals surface area (Å²) in [6, 6.07) is 12.1. The molecule has 2 aromatic rings. The quantitative estimate of drug-likeness (QED) is 0.624. The number of nitrogens with zero attached hydrogens (tertiary/aromatic N) is 2. The number of nitrogens with two attached hydrogens (primary N) is 1. The first-order valence-electron chi connectivity index (χ1n) is 7.74. The molecule has 0 spiro atoms. The lowest BCUT2D eigenvalue weighted by Gasteiger charge is -2.20. The molecule has 1 aromatic carbocycles. The van der Waals surface area contributed by atoms with Gasteiger partial charge in [0.1, 0.15) is 0 Å². The first-order chi connectivity index (χ1) is 11.4. The van der Waals surface area contributed by atoms with E-state index in [1.54, 1.807) is 11.9 Å². The summed E-state index contributed by atoms with van der Waals surface area (Å²) in [4.78, 5) is 4.18. The van der Waals surface area contributed by atoms with Crippen molar-refractivity contribution in [2.75, 3.05) is 32.1 Å². The van der Waals surface area contributed by atoms with Crippen LogP contribution in [0.2, 0.25) is 0 Å². The number of rotatable bonds is 2. The summed E-state index contributed by atoms with van der Waals surface area (Å²) < 4.78 is 32.6. The van der Waals surface area contributed by atoms with Gasteiger partial charge in [0.15, 0.2) is 0 Å². The maximum absolute atomic E-state index is 9.79. The van der Waals surface area contributed by atoms with E-state index in [0.717, 1.165) is 31.8 Å². The van der Waals surface area contributed by atoms with Crippen molar-refractivity contribution in [3.05, 3.63) is 42.6 Å². The molecule has 8 heteroatoms. The maximum Gasteiger partial charge on any atom is 0.264 e. The number of benzene rings is 1. The van der Waals surface area contributed by atoms with E-state index in [1.165, 1.54) is 5.39 Å². The number of ether oxygens (including phenoxy) is 1. The third-order valence-electron chi connectivity index (χ3n) is 3.02. The lowest BCUT2D eigenvalue weighted by atomic mass is 10.2. The van der Waals surface area contributed by atoms with Crippen molar-refractivity contribution >= 4 is 21.0 Å². The second-order valence-corrected chi connectivity index (χ2v) is 6.70. The summed E-state index contributed by atoms with van der Waals surface area (Å²) in [5.74, 6) is 5.26. The summed E-state index contributed by atoms with van der Waals surface area (Å²) in [6.45, 7) is 5.01. The number of morpholine rings is 1. The van der Waals surface area contributed by atoms with Gasteiger partial charge in [-0.1, -0.05) is 31.2 Å². The van der Waals surface area contributed by atoms with Crippen molar-refractivity contribution in [2.45, 2.75) is 13.3 Å². The number of fused-ring (bicyclic) bond motifs is 1. The lowest BCUT2D eigenvalue weighted by Crippen LogP contribution is -2.41. The van der Waals surface area contributed by atoms with E-state index < -0.39 is 10.1 Å². The molecule has 24 heavy (non-hydrogen) atoms. The predicted molar refractivity (Wildman–Crippen MR) is 95.0 cm³/mol. The Hall–Kier alpha value is -1.58. The monoisotopic (exact) mass is 355 g/mol. The van der Waals surface area contributed by atoms with Crippen molar-refractivity contribution in [3.63, 3.8) is 0 Å². The fraction of sp³-hybridized carbons (Fsp3) is 0.438. The Kier molecular flexibility index (Phi) is 9.43. The zero-order valence-corrected chi connectivity index (χ0v) is 14.7. The van der Waals surface area contributed by atoms with Crippen LogP contribution >= 0.6 is 0 Å². The van der Waals surface area contributed by atoms with Crippen molar-refractivity contribution in [1.82, 2.24) is 9.99 Å². The lowest BCUT2D eigenvalue weighted by molar-refractivity contribution is 0.0378. The second-order valence-electron chi connectivity index (χ2n) is 5.13. The normalized spacial score (nSPS) is 15.0. The van der Waals surface area contributed by atoms with Gasteiger partial charge in [-0.3, -0.25) is 15.4 Å². The first-order valence-corrected chi connectivity index (χ1v) is 9.35. The van der Waals surface area contributed by atoms with Crippen LogP contribution < -0.4 is 5.84 Å². The van der Waals surface area contributed by atoms with Gasteiger partial charge >= 0.3 is 0 Å². The molecular weight excluding hydrogens is 330 g/mol. The molecule has 0 unspecified atom stereocenters. The number of aromatic nitrogens is 1. The Bertz CT molecular complexity index is 623. The van der Waals surface area contributed by atoms with E-state index in [9.17, 15) is 8.42 Å². The fourth-order valence-electron chi connectivity index (χ4n) is 1.85. The second kappa shape index (κ2) is 11.1. The SMILES string of the molecule is CCCS(=O)(=O)O.NN1CCOCC1.c1ccc2ncccc2c1. The molecule has 2 heterocycles. The summed E-state index contributed by atoms with van der Waals surface area (Å²) in [6.07, 6.45) is 2.28. The summed E-state index contributed by atoms with van der Waals surface area (Å²) in [5.41, 5.74) is 1.06. The molecule has 1 saturated heterocycles. The average Bonchev–Trinajstić information content (AvgIpc) is 2.56. The number of hydrazine groups is 1. The Morgan fingerprint density at radius 1 is 1.21 bits per heavy atom. The van der Waals surface area contributed by atoms with Gasteiger partial charge in [0.05, 0.1) is 24.5 Å². The van der Waals surface area contributed by atoms with Crippen LogP contribution in [0.5, 0.6) is 0 Å². The van der Waals surface area contributed by atoms with Crippen LogP contribution in [0.15, 0.2) is 42.6 Å². The zero-order chi connectivity index (χ0) is 17.8. The van der Waals surface area contributed by atoms with Crippen molar-refractivity contribution in [1.29, 1.82) is 0 Å². The summed E-state index contributed by atoms with van der Waals surface area (Å²) >= 11 is 0. The fourth-order valence-corrected chi connectivity index (χ4v) is 2.37. The molecule has 1 aliphatic rings. The van der Waals surface area contributed by atoms with Gasteiger partial charge in [-0.25, -0.2) is 5.01 Å². The van der Waals surface area contributed by atoms with Gasteiger partial charge in [0, 0.05) is 24.7 Å². The molecule has 0 atom stereocenters. The molecule has 3 rings (SSSR count). The molecule has 7 nitrogen and oxygen atoms in total. The van der Waals surface area contributed by atoms with Crippen LogP contribution in [0.3, 0.4) is 0 Å². The van der Waals surface area contributed by atoms with Crippen molar-refractivity contribution < 1.29 is 17.7 Å². The molecule has 1 aromatic heterocycles. The van der Waals surface area contributed by atoms with Gasteiger partial charge in [0.2, 0.25) is 0 Å². The molecular formula is C16H25N3O4S. The molecule has 0 saturated carbocycles. The van der Waals surface area contributed by atoms with Gasteiger partial charge in [-0.2, -0.15) is 8.42 Å². The standard InChI is InChI=1S/C9H7N.C4H10N2O.C3H8O3S/c1-2-6-9-8(4-1)5-3-7-10-9;5-6-1-3-7-4-2-6;1-2-3-7(4,5)6/h1-7H;1-5H2;2-3H2,1H3,(H,4,5,6). The third-order valence-corrected chi connectivity index (χ3v) is 3.94. The van der Waals surface area contributed by atoms with Gasteiger partial charge in [-0.15, -0.1) is 0 Å². The molecule has 1 aliphatic heterocycles. The van der Waals surface area contributed by atoms with E-state index >= 15 is 0 Å². The summed E-state index contributed by atoms with van der Waals surface area (Å²) in [5, 5.41) is 2.97. The highest BCUT2D eigenvalue weighted by Crippen LogP contribution is 2.07. The van der Waals surface area contributed by atoms with Crippen LogP contribution in [0, 0.1) is 0 Å². The van der Waals surface area contributed by atoms with Crippen LogP contribution in [0.25, 0.3) is 10.9 Å². The van der Waals surface area contributed by atoms with Crippen LogP contribution in [0.1, 0.15) is 13.3 Å². The minimum Gasteiger partial charge on any atom is -0.379 e. The highest BCUT2D eigenvalue weighted by atomic mass is 32.2. The van der Waals surface area contributed by atoms with Crippen molar-refractivity contribution in [3.8, 4) is 0 Å². The highest BCUT2D eigenvalue weighted by molar-refractivity contribution is 7.85. The molecule has 0 radical (unpaired) electrons. The molecule has 134 valence electrons. The Morgan fingerprint density at radius 2 is 1.83 bits per heavy atom. The van der Waals surface area contributed by atoms with E-state index in [2.05, 4.69) is 17.1 Å². The van der Waals surface area contributed by atoms with Crippen molar-refractivity contribution in [2.24, 2.45) is 5.84 Å². The number of hydrogen-bond acceptors (Lipinski definition) is 6. The smallest absolute Gasteiger partial charge is 0.264 e. The zero-order valence-electron chi connectivity index (χ0n) is 13.8. The van der Waals surface area contributed by atoms with Crippen LogP contribution in [0.4, 0.5) is 0 Å². The van der Waals surface area contributed by atoms with Gasteiger partial charge in [0.25, 0.3) is 10.1 Å². The predicted octanol–water partition coefficient (Wildman–Crippen LogP) is 1.71. The molecule has 3 N–H and O–H groups in total. The molecule has 0 amide bonds. The molecule has 0 bridgehead atoms. The Morgan fingerprint density at radius 3 is 2.29 bits per heavy atom. The minimum atomic E-state index is -3.67. The van der Waals surface area contributed by atoms with Gasteiger partial charge < -0.3 is 4.74 Å². The van der Waals surface area contributed by atoms with Crippen LogP contribution in [-0.4, -0.2) is 55.0 Å². The topological polar surface area (TPSA) is 106 Å². The van der Waals surface area contributed by atoms with E-state index in [-0.39, 0.29) is 5.75 Å². The number of para-hydroxylation sites is 1. The average molecular weight is 355 g/mol. The third kappa shape index (κ3) is 9.53. The molecule has 1 fully saturated rings. The number of pyridine rings is 1. The van der Waals surface area contributed by atoms with E-state index in [1.807, 2.05) is 30.5 Å². The Balaban J connectivity index is 0.000000186. The number of hydrogen-bond donors (Lipinski definition) is 2. The highest BCUT2D eigenvalue weighted by Gasteiger charge is 2.03. The van der Waals surface area contributed by atoms with E-state index in [4.69, 9.17) is 15.1 Å². The Labute approximate surface area is 143 Å². The summed E-state index contributed by atoms with van der Waals surface area (Å²) in [7, 11) is -3.67.